The van der Waals surface area contributed by atoms with Crippen LogP contribution in [0.2, 0.25) is 0 Å². The van der Waals surface area contributed by atoms with E-state index in [1.54, 1.807) is 31.1 Å². The smallest absolute Gasteiger partial charge is 0.292 e. The Morgan fingerprint density at radius 1 is 1.30 bits per heavy atom. The Morgan fingerprint density at radius 2 is 1.96 bits per heavy atom. The van der Waals surface area contributed by atoms with Crippen LogP contribution in [0.15, 0.2) is 28.8 Å². The van der Waals surface area contributed by atoms with Crippen molar-refractivity contribution in [1.29, 1.82) is 0 Å². The van der Waals surface area contributed by atoms with Gasteiger partial charge >= 0.3 is 0 Å². The van der Waals surface area contributed by atoms with Gasteiger partial charge in [-0.05, 0) is 44.0 Å². The van der Waals surface area contributed by atoms with Crippen molar-refractivity contribution in [3.8, 4) is 17.0 Å². The highest BCUT2D eigenvalue weighted by atomic mass is 16.5. The third kappa shape index (κ3) is 2.94. The zero-order valence-corrected chi connectivity index (χ0v) is 13.3. The molecule has 1 N–H and O–H groups in total. The van der Waals surface area contributed by atoms with Gasteiger partial charge in [0.05, 0.1) is 18.8 Å². The van der Waals surface area contributed by atoms with Crippen molar-refractivity contribution in [3.05, 3.63) is 35.6 Å². The average Bonchev–Trinajstić information content (AvgIpc) is 3.23. The van der Waals surface area contributed by atoms with Crippen LogP contribution in [-0.2, 0) is 0 Å². The minimum absolute atomic E-state index is 0.132. The quantitative estimate of drug-likeness (QED) is 0.938. The van der Waals surface area contributed by atoms with Gasteiger partial charge in [0.25, 0.3) is 5.91 Å². The number of rotatable bonds is 4. The van der Waals surface area contributed by atoms with Crippen LogP contribution in [0.4, 0.5) is 0 Å². The number of hydrogen-bond acceptors (Lipinski definition) is 5. The number of aromatic nitrogens is 1. The summed E-state index contributed by atoms with van der Waals surface area (Å²) in [6, 6.07) is 7.26. The van der Waals surface area contributed by atoms with E-state index in [1.165, 1.54) is 0 Å². The number of methoxy groups -OCH3 is 1. The molecule has 122 valence electrons. The highest BCUT2D eigenvalue weighted by Gasteiger charge is 2.30. The fourth-order valence-electron chi connectivity index (χ4n) is 2.86. The summed E-state index contributed by atoms with van der Waals surface area (Å²) in [6.45, 7) is 3.05. The maximum absolute atomic E-state index is 12.6. The Morgan fingerprint density at radius 3 is 2.52 bits per heavy atom. The van der Waals surface area contributed by atoms with Crippen molar-refractivity contribution in [2.45, 2.75) is 25.9 Å². The van der Waals surface area contributed by atoms with E-state index in [-0.39, 0.29) is 11.7 Å². The van der Waals surface area contributed by atoms with Gasteiger partial charge in [0.2, 0.25) is 5.76 Å². The highest BCUT2D eigenvalue weighted by molar-refractivity contribution is 5.94. The fourth-order valence-corrected chi connectivity index (χ4v) is 2.86. The molecular weight excluding hydrogens is 296 g/mol. The van der Waals surface area contributed by atoms with Crippen molar-refractivity contribution < 1.29 is 19.2 Å². The van der Waals surface area contributed by atoms with E-state index in [0.717, 1.165) is 37.2 Å². The van der Waals surface area contributed by atoms with Crippen molar-refractivity contribution >= 4 is 5.91 Å². The van der Waals surface area contributed by atoms with Crippen LogP contribution < -0.4 is 4.74 Å². The standard InChI is InChI=1S/C17H20N2O4/c1-11(20)14-15(12-5-7-13(22-2)8-6-12)18-23-16(14)17(21)19-9-3-4-10-19/h5-8,11,20H,3-4,9-10H2,1-2H3. The van der Waals surface area contributed by atoms with Crippen LogP contribution in [-0.4, -0.2) is 41.3 Å². The van der Waals surface area contributed by atoms with Gasteiger partial charge in [-0.25, -0.2) is 0 Å². The van der Waals surface area contributed by atoms with Gasteiger partial charge < -0.3 is 19.3 Å². The molecule has 1 aromatic carbocycles. The number of nitrogens with zero attached hydrogens (tertiary/aromatic N) is 2. The van der Waals surface area contributed by atoms with Gasteiger partial charge in [-0.3, -0.25) is 4.79 Å². The normalized spacial score (nSPS) is 15.7. The number of carbonyl (C=O) groups excluding carboxylic acids is 1. The molecule has 0 spiro atoms. The van der Waals surface area contributed by atoms with Gasteiger partial charge in [0.15, 0.2) is 0 Å². The van der Waals surface area contributed by atoms with E-state index in [9.17, 15) is 9.90 Å². The summed E-state index contributed by atoms with van der Waals surface area (Å²) in [7, 11) is 1.60. The number of aliphatic hydroxyl groups excluding tert-OH is 1. The summed E-state index contributed by atoms with van der Waals surface area (Å²) in [6.07, 6.45) is 1.14. The molecule has 1 atom stereocenters. The zero-order valence-electron chi connectivity index (χ0n) is 13.3. The number of amides is 1. The number of hydrogen-bond donors (Lipinski definition) is 1. The molecule has 2 heterocycles. The van der Waals surface area contributed by atoms with Gasteiger partial charge in [0, 0.05) is 18.7 Å². The molecule has 6 heteroatoms. The Balaban J connectivity index is 1.99. The van der Waals surface area contributed by atoms with E-state index < -0.39 is 6.10 Å². The summed E-state index contributed by atoms with van der Waals surface area (Å²) in [5.74, 6) is 0.655. The lowest BCUT2D eigenvalue weighted by Gasteiger charge is -2.14. The van der Waals surface area contributed by atoms with E-state index in [2.05, 4.69) is 5.16 Å². The van der Waals surface area contributed by atoms with Crippen LogP contribution in [0.3, 0.4) is 0 Å². The van der Waals surface area contributed by atoms with Crippen molar-refractivity contribution in [2.24, 2.45) is 0 Å². The molecule has 1 amide bonds. The Kier molecular flexibility index (Phi) is 4.34. The largest absolute Gasteiger partial charge is 0.497 e. The third-order valence-corrected chi connectivity index (χ3v) is 4.10. The van der Waals surface area contributed by atoms with Crippen LogP contribution >= 0.6 is 0 Å². The molecule has 1 saturated heterocycles. The van der Waals surface area contributed by atoms with Crippen LogP contribution in [0.5, 0.6) is 5.75 Å². The van der Waals surface area contributed by atoms with E-state index in [0.29, 0.717) is 11.3 Å². The lowest BCUT2D eigenvalue weighted by molar-refractivity contribution is 0.0743. The monoisotopic (exact) mass is 316 g/mol. The Labute approximate surface area is 134 Å². The minimum Gasteiger partial charge on any atom is -0.497 e. The molecule has 1 aliphatic heterocycles. The first kappa shape index (κ1) is 15.6. The van der Waals surface area contributed by atoms with Crippen molar-refractivity contribution in [1.82, 2.24) is 10.1 Å². The first-order chi connectivity index (χ1) is 11.1. The maximum atomic E-state index is 12.6. The summed E-state index contributed by atoms with van der Waals surface area (Å²) < 4.78 is 10.4. The van der Waals surface area contributed by atoms with E-state index in [1.807, 2.05) is 12.1 Å². The molecule has 0 saturated carbocycles. The lowest BCUT2D eigenvalue weighted by atomic mass is 10.0. The number of ether oxygens (including phenoxy) is 1. The second kappa shape index (κ2) is 6.42. The van der Waals surface area contributed by atoms with E-state index >= 15 is 0 Å². The topological polar surface area (TPSA) is 75.8 Å². The lowest BCUT2D eigenvalue weighted by Crippen LogP contribution is -2.28. The second-order valence-electron chi connectivity index (χ2n) is 5.68. The molecule has 2 aromatic rings. The molecule has 0 radical (unpaired) electrons. The van der Waals surface area contributed by atoms with Crippen molar-refractivity contribution in [3.63, 3.8) is 0 Å². The molecule has 1 unspecified atom stereocenters. The first-order valence-electron chi connectivity index (χ1n) is 7.73. The number of benzene rings is 1. The Bertz CT molecular complexity index is 685. The summed E-state index contributed by atoms with van der Waals surface area (Å²) in [5, 5.41) is 14.2. The number of aliphatic hydroxyl groups is 1. The molecule has 0 bridgehead atoms. The molecule has 6 nitrogen and oxygen atoms in total. The first-order valence-corrected chi connectivity index (χ1v) is 7.73. The molecule has 0 aliphatic carbocycles. The molecule has 3 rings (SSSR count). The van der Waals surface area contributed by atoms with E-state index in [4.69, 9.17) is 9.26 Å². The third-order valence-electron chi connectivity index (χ3n) is 4.10. The SMILES string of the molecule is COc1ccc(-c2noc(C(=O)N3CCCC3)c2C(C)O)cc1. The molecule has 1 aliphatic rings. The highest BCUT2D eigenvalue weighted by Crippen LogP contribution is 2.32. The van der Waals surface area contributed by atoms with Gasteiger partial charge in [0.1, 0.15) is 11.4 Å². The number of carbonyl (C=O) groups is 1. The minimum atomic E-state index is -0.847. The molecular formula is C17H20N2O4. The summed E-state index contributed by atoms with van der Waals surface area (Å²) >= 11 is 0. The van der Waals surface area contributed by atoms with Gasteiger partial charge in [-0.2, -0.15) is 0 Å². The summed E-state index contributed by atoms with van der Waals surface area (Å²) in [5.41, 5.74) is 1.70. The van der Waals surface area contributed by atoms with Gasteiger partial charge in [-0.15, -0.1) is 0 Å². The fraction of sp³-hybridized carbons (Fsp3) is 0.412. The van der Waals surface area contributed by atoms with Crippen LogP contribution in [0, 0.1) is 0 Å². The predicted octanol–water partition coefficient (Wildman–Crippen LogP) is 2.64. The zero-order chi connectivity index (χ0) is 16.4. The maximum Gasteiger partial charge on any atom is 0.292 e. The van der Waals surface area contributed by atoms with Crippen molar-refractivity contribution in [2.75, 3.05) is 20.2 Å². The molecule has 1 aromatic heterocycles. The molecule has 23 heavy (non-hydrogen) atoms. The van der Waals surface area contributed by atoms with Gasteiger partial charge in [-0.1, -0.05) is 5.16 Å². The number of likely N-dealkylation sites (tertiary alicyclic amines) is 1. The summed E-state index contributed by atoms with van der Waals surface area (Å²) in [4.78, 5) is 14.3. The van der Waals surface area contributed by atoms with Crippen LogP contribution in [0.25, 0.3) is 11.3 Å². The average molecular weight is 316 g/mol. The van der Waals surface area contributed by atoms with Crippen LogP contribution in [0.1, 0.15) is 42.0 Å². The molecule has 1 fully saturated rings. The Hall–Kier alpha value is -2.34. The predicted molar refractivity (Wildman–Crippen MR) is 84.3 cm³/mol. The second-order valence-corrected chi connectivity index (χ2v) is 5.68.